The van der Waals surface area contributed by atoms with Crippen LogP contribution in [0.1, 0.15) is 12.8 Å². The Morgan fingerprint density at radius 2 is 1.92 bits per heavy atom. The Balaban J connectivity index is 1.60. The number of ether oxygens (including phenoxy) is 1. The molecule has 3 aromatic rings. The molecule has 4 rings (SSSR count). The number of carbonyl (C=O) groups is 1. The van der Waals surface area contributed by atoms with E-state index in [1.165, 1.54) is 0 Å². The molecule has 128 valence electrons. The van der Waals surface area contributed by atoms with Gasteiger partial charge in [0.1, 0.15) is 6.54 Å². The van der Waals surface area contributed by atoms with Crippen LogP contribution in [0.25, 0.3) is 22.2 Å². The number of aromatic nitrogens is 1. The van der Waals surface area contributed by atoms with Gasteiger partial charge in [0, 0.05) is 29.7 Å². The van der Waals surface area contributed by atoms with Crippen LogP contribution in [0, 0.1) is 0 Å². The van der Waals surface area contributed by atoms with Crippen LogP contribution in [0.5, 0.6) is 0 Å². The fraction of sp³-hybridized carbons (Fsp3) is 0.286. The van der Waals surface area contributed by atoms with Crippen molar-refractivity contribution in [3.05, 3.63) is 60.7 Å². The molecule has 1 atom stereocenters. The zero-order valence-corrected chi connectivity index (χ0v) is 14.2. The van der Waals surface area contributed by atoms with E-state index in [2.05, 4.69) is 40.2 Å². The first-order chi connectivity index (χ1) is 12.3. The molecule has 0 bridgehead atoms. The Morgan fingerprint density at radius 1 is 1.12 bits per heavy atom. The van der Waals surface area contributed by atoms with Crippen LogP contribution in [-0.4, -0.2) is 29.7 Å². The summed E-state index contributed by atoms with van der Waals surface area (Å²) in [6.45, 7) is 1.71. The summed E-state index contributed by atoms with van der Waals surface area (Å²) >= 11 is 0. The summed E-state index contributed by atoms with van der Waals surface area (Å²) in [6.07, 6.45) is 2.28. The molecule has 0 spiro atoms. The van der Waals surface area contributed by atoms with Crippen LogP contribution in [0.4, 0.5) is 0 Å². The van der Waals surface area contributed by atoms with Gasteiger partial charge in [0.25, 0.3) is 0 Å². The summed E-state index contributed by atoms with van der Waals surface area (Å²) in [7, 11) is 0. The number of hydrogen-bond acceptors (Lipinski definition) is 2. The first-order valence-corrected chi connectivity index (χ1v) is 8.83. The molecule has 0 unspecified atom stereocenters. The molecule has 25 heavy (non-hydrogen) atoms. The van der Waals surface area contributed by atoms with Crippen molar-refractivity contribution in [2.45, 2.75) is 25.5 Å². The number of fused-ring (bicyclic) bond motifs is 1. The Bertz CT molecular complexity index is 864. The standard InChI is InChI=1S/C21H22N2O2/c24-21(22-14-18-10-6-12-25-18)15-23-19-11-5-4-9-17(19)13-20(23)16-7-2-1-3-8-16/h1-5,7-9,11,13,18H,6,10,12,14-15H2,(H,22,24)/t18-/m1/s1. The van der Waals surface area contributed by atoms with Crippen molar-refractivity contribution >= 4 is 16.8 Å². The molecular weight excluding hydrogens is 312 g/mol. The topological polar surface area (TPSA) is 43.3 Å². The van der Waals surface area contributed by atoms with Crippen LogP contribution in [0.3, 0.4) is 0 Å². The van der Waals surface area contributed by atoms with E-state index in [0.29, 0.717) is 13.1 Å². The van der Waals surface area contributed by atoms with Gasteiger partial charge in [-0.15, -0.1) is 0 Å². The largest absolute Gasteiger partial charge is 0.376 e. The molecule has 1 aliphatic heterocycles. The van der Waals surface area contributed by atoms with Crippen LogP contribution in [0.15, 0.2) is 60.7 Å². The van der Waals surface area contributed by atoms with Crippen molar-refractivity contribution in [2.24, 2.45) is 0 Å². The van der Waals surface area contributed by atoms with E-state index in [1.54, 1.807) is 0 Å². The summed E-state index contributed by atoms with van der Waals surface area (Å²) < 4.78 is 7.67. The zero-order valence-electron chi connectivity index (χ0n) is 14.2. The molecule has 1 aliphatic rings. The van der Waals surface area contributed by atoms with E-state index in [0.717, 1.165) is 41.6 Å². The number of benzene rings is 2. The minimum absolute atomic E-state index is 0.0223. The lowest BCUT2D eigenvalue weighted by Gasteiger charge is -2.14. The maximum absolute atomic E-state index is 12.5. The molecule has 4 nitrogen and oxygen atoms in total. The average Bonchev–Trinajstić information content (AvgIpc) is 3.29. The predicted octanol–water partition coefficient (Wildman–Crippen LogP) is 3.60. The lowest BCUT2D eigenvalue weighted by atomic mass is 10.1. The summed E-state index contributed by atoms with van der Waals surface area (Å²) in [5, 5.41) is 4.17. The molecule has 1 amide bonds. The summed E-state index contributed by atoms with van der Waals surface area (Å²) in [5.74, 6) is 0.0223. The van der Waals surface area contributed by atoms with E-state index >= 15 is 0 Å². The number of amides is 1. The number of rotatable bonds is 5. The molecule has 2 aromatic carbocycles. The van der Waals surface area contributed by atoms with E-state index in [9.17, 15) is 4.79 Å². The number of nitrogens with zero attached hydrogens (tertiary/aromatic N) is 1. The van der Waals surface area contributed by atoms with Gasteiger partial charge in [0.2, 0.25) is 5.91 Å². The van der Waals surface area contributed by atoms with Crippen molar-refractivity contribution < 1.29 is 9.53 Å². The third-order valence-electron chi connectivity index (χ3n) is 4.73. The highest BCUT2D eigenvalue weighted by molar-refractivity contribution is 5.89. The second-order valence-corrected chi connectivity index (χ2v) is 6.48. The Kier molecular flexibility index (Phi) is 4.53. The highest BCUT2D eigenvalue weighted by Gasteiger charge is 2.17. The third-order valence-corrected chi connectivity index (χ3v) is 4.73. The van der Waals surface area contributed by atoms with E-state index in [4.69, 9.17) is 4.74 Å². The highest BCUT2D eigenvalue weighted by atomic mass is 16.5. The van der Waals surface area contributed by atoms with Crippen LogP contribution < -0.4 is 5.32 Å². The van der Waals surface area contributed by atoms with E-state index in [-0.39, 0.29) is 12.0 Å². The SMILES string of the molecule is O=C(Cn1c(-c2ccccc2)cc2ccccc21)NC[C@H]1CCCO1. The molecule has 0 saturated carbocycles. The number of hydrogen-bond donors (Lipinski definition) is 1. The minimum Gasteiger partial charge on any atom is -0.376 e. The summed E-state index contributed by atoms with van der Waals surface area (Å²) in [4.78, 5) is 12.5. The van der Waals surface area contributed by atoms with Crippen LogP contribution in [-0.2, 0) is 16.1 Å². The normalized spacial score (nSPS) is 17.0. The van der Waals surface area contributed by atoms with Crippen molar-refractivity contribution in [2.75, 3.05) is 13.2 Å². The monoisotopic (exact) mass is 334 g/mol. The Hall–Kier alpha value is -2.59. The van der Waals surface area contributed by atoms with Gasteiger partial charge in [-0.3, -0.25) is 4.79 Å². The number of para-hydroxylation sites is 1. The second-order valence-electron chi connectivity index (χ2n) is 6.48. The quantitative estimate of drug-likeness (QED) is 0.775. The van der Waals surface area contributed by atoms with Crippen molar-refractivity contribution in [3.63, 3.8) is 0 Å². The van der Waals surface area contributed by atoms with Gasteiger partial charge in [0.15, 0.2) is 0 Å². The third kappa shape index (κ3) is 3.44. The molecule has 1 aromatic heterocycles. The molecule has 1 fully saturated rings. The van der Waals surface area contributed by atoms with Crippen molar-refractivity contribution in [1.82, 2.24) is 9.88 Å². The molecule has 0 radical (unpaired) electrons. The van der Waals surface area contributed by atoms with Crippen LogP contribution in [0.2, 0.25) is 0 Å². The van der Waals surface area contributed by atoms with E-state index in [1.807, 2.05) is 30.3 Å². The molecule has 4 heteroatoms. The van der Waals surface area contributed by atoms with Gasteiger partial charge in [0.05, 0.1) is 6.10 Å². The van der Waals surface area contributed by atoms with Gasteiger partial charge in [-0.2, -0.15) is 0 Å². The molecule has 1 N–H and O–H groups in total. The molecule has 1 saturated heterocycles. The van der Waals surface area contributed by atoms with Gasteiger partial charge < -0.3 is 14.6 Å². The maximum atomic E-state index is 12.5. The molecule has 0 aliphatic carbocycles. The van der Waals surface area contributed by atoms with Gasteiger partial charge in [-0.05, 0) is 30.5 Å². The molecule has 2 heterocycles. The smallest absolute Gasteiger partial charge is 0.240 e. The second kappa shape index (κ2) is 7.11. The Morgan fingerprint density at radius 3 is 2.72 bits per heavy atom. The average molecular weight is 334 g/mol. The lowest BCUT2D eigenvalue weighted by Crippen LogP contribution is -2.34. The van der Waals surface area contributed by atoms with Crippen LogP contribution >= 0.6 is 0 Å². The fourth-order valence-electron chi connectivity index (χ4n) is 3.46. The van der Waals surface area contributed by atoms with Crippen molar-refractivity contribution in [3.8, 4) is 11.3 Å². The predicted molar refractivity (Wildman–Crippen MR) is 99.4 cm³/mol. The number of nitrogens with one attached hydrogen (secondary N) is 1. The Labute approximate surface area is 147 Å². The minimum atomic E-state index is 0.0223. The summed E-state index contributed by atoms with van der Waals surface area (Å²) in [5.41, 5.74) is 3.26. The van der Waals surface area contributed by atoms with Gasteiger partial charge in [-0.1, -0.05) is 48.5 Å². The van der Waals surface area contributed by atoms with Crippen molar-refractivity contribution in [1.29, 1.82) is 0 Å². The highest BCUT2D eigenvalue weighted by Crippen LogP contribution is 2.28. The first kappa shape index (κ1) is 15.9. The van der Waals surface area contributed by atoms with E-state index < -0.39 is 0 Å². The fourth-order valence-corrected chi connectivity index (χ4v) is 3.46. The van der Waals surface area contributed by atoms with Gasteiger partial charge in [-0.25, -0.2) is 0 Å². The number of carbonyl (C=O) groups excluding carboxylic acids is 1. The summed E-state index contributed by atoms with van der Waals surface area (Å²) in [6, 6.07) is 20.5. The molecular formula is C21H22N2O2. The lowest BCUT2D eigenvalue weighted by molar-refractivity contribution is -0.122. The zero-order chi connectivity index (χ0) is 17.1. The van der Waals surface area contributed by atoms with Gasteiger partial charge >= 0.3 is 0 Å². The maximum Gasteiger partial charge on any atom is 0.240 e. The first-order valence-electron chi connectivity index (χ1n) is 8.83.